The van der Waals surface area contributed by atoms with Crippen LogP contribution in [0, 0.1) is 5.82 Å². The minimum Gasteiger partial charge on any atom is -0.505 e. The van der Waals surface area contributed by atoms with Gasteiger partial charge in [-0.25, -0.2) is 4.39 Å². The van der Waals surface area contributed by atoms with Crippen LogP contribution in [0.25, 0.3) is 22.8 Å². The molecule has 0 aliphatic carbocycles. The van der Waals surface area contributed by atoms with E-state index in [0.717, 1.165) is 10.5 Å². The summed E-state index contributed by atoms with van der Waals surface area (Å²) in [4.78, 5) is 4.20. The molecule has 106 valence electrons. The van der Waals surface area contributed by atoms with Gasteiger partial charge in [-0.3, -0.25) is 0 Å². The number of phenols is 1. The Morgan fingerprint density at radius 1 is 1.14 bits per heavy atom. The maximum absolute atomic E-state index is 13.3. The van der Waals surface area contributed by atoms with Crippen molar-refractivity contribution >= 4 is 21.6 Å². The zero-order valence-corrected chi connectivity index (χ0v) is 12.1. The largest absolute Gasteiger partial charge is 0.505 e. The lowest BCUT2D eigenvalue weighted by atomic mass is 10.2. The van der Waals surface area contributed by atoms with E-state index < -0.39 is 11.6 Å². The second-order valence-electron chi connectivity index (χ2n) is 4.36. The molecule has 21 heavy (non-hydrogen) atoms. The van der Waals surface area contributed by atoms with Crippen molar-refractivity contribution in [3.05, 3.63) is 46.7 Å². The summed E-state index contributed by atoms with van der Waals surface area (Å²) in [6.45, 7) is 0. The maximum atomic E-state index is 13.3. The minimum absolute atomic E-state index is 0.224. The van der Waals surface area contributed by atoms with Crippen LogP contribution in [-0.4, -0.2) is 15.2 Å². The van der Waals surface area contributed by atoms with Crippen molar-refractivity contribution in [2.45, 2.75) is 0 Å². The number of rotatable bonds is 2. The number of aromatic nitrogens is 2. The van der Waals surface area contributed by atoms with E-state index in [1.807, 2.05) is 0 Å². The Kier molecular flexibility index (Phi) is 3.34. The van der Waals surface area contributed by atoms with Crippen molar-refractivity contribution in [2.75, 3.05) is 5.73 Å². The Bertz CT molecular complexity index is 799. The number of halogens is 2. The zero-order valence-electron chi connectivity index (χ0n) is 10.5. The van der Waals surface area contributed by atoms with E-state index in [0.29, 0.717) is 16.8 Å². The highest BCUT2D eigenvalue weighted by Gasteiger charge is 2.13. The highest BCUT2D eigenvalue weighted by atomic mass is 79.9. The number of hydrogen-bond donors (Lipinski definition) is 2. The van der Waals surface area contributed by atoms with Gasteiger partial charge in [-0.15, -0.1) is 0 Å². The number of hydrogen-bond acceptors (Lipinski definition) is 5. The standard InChI is InChI=1S/C14H9BrFN3O2/c15-9-3-8(4-10(17)6-9)14-18-13(19-21-14)7-1-2-12(20)11(16)5-7/h1-6,20H,17H2. The van der Waals surface area contributed by atoms with Crippen molar-refractivity contribution in [1.29, 1.82) is 0 Å². The second-order valence-corrected chi connectivity index (χ2v) is 5.28. The summed E-state index contributed by atoms with van der Waals surface area (Å²) >= 11 is 3.33. The van der Waals surface area contributed by atoms with Gasteiger partial charge in [0.25, 0.3) is 5.89 Å². The van der Waals surface area contributed by atoms with Gasteiger partial charge in [0.1, 0.15) is 0 Å². The first-order valence-corrected chi connectivity index (χ1v) is 6.71. The molecule has 1 heterocycles. The van der Waals surface area contributed by atoms with Crippen LogP contribution in [0.3, 0.4) is 0 Å². The summed E-state index contributed by atoms with van der Waals surface area (Å²) in [5, 5.41) is 13.0. The third-order valence-electron chi connectivity index (χ3n) is 2.80. The Hall–Kier alpha value is -2.41. The molecule has 0 unspecified atom stereocenters. The topological polar surface area (TPSA) is 85.2 Å². The van der Waals surface area contributed by atoms with Crippen LogP contribution < -0.4 is 5.73 Å². The predicted octanol–water partition coefficient (Wildman–Crippen LogP) is 3.59. The molecule has 3 rings (SSSR count). The van der Waals surface area contributed by atoms with Gasteiger partial charge in [-0.05, 0) is 36.4 Å². The van der Waals surface area contributed by atoms with E-state index in [1.165, 1.54) is 12.1 Å². The quantitative estimate of drug-likeness (QED) is 0.690. The SMILES string of the molecule is Nc1cc(Br)cc(-c2nc(-c3ccc(O)c(F)c3)no2)c1. The van der Waals surface area contributed by atoms with Crippen molar-refractivity contribution < 1.29 is 14.0 Å². The fourth-order valence-corrected chi connectivity index (χ4v) is 2.35. The lowest BCUT2D eigenvalue weighted by molar-refractivity contribution is 0.430. The number of nitrogens with zero attached hydrogens (tertiary/aromatic N) is 2. The molecular weight excluding hydrogens is 341 g/mol. The number of phenolic OH excluding ortho intramolecular Hbond substituents is 1. The minimum atomic E-state index is -0.745. The molecule has 0 amide bonds. The molecule has 0 aliphatic heterocycles. The number of nitrogens with two attached hydrogens (primary N) is 1. The van der Waals surface area contributed by atoms with Gasteiger partial charge in [0, 0.05) is 21.3 Å². The van der Waals surface area contributed by atoms with Crippen LogP contribution in [0.1, 0.15) is 0 Å². The molecule has 0 fully saturated rings. The van der Waals surface area contributed by atoms with Crippen molar-refractivity contribution in [1.82, 2.24) is 10.1 Å². The molecule has 2 aromatic carbocycles. The zero-order chi connectivity index (χ0) is 15.0. The number of nitrogen functional groups attached to an aromatic ring is 1. The van der Waals surface area contributed by atoms with Crippen LogP contribution >= 0.6 is 15.9 Å². The molecule has 5 nitrogen and oxygen atoms in total. The van der Waals surface area contributed by atoms with E-state index in [1.54, 1.807) is 18.2 Å². The van der Waals surface area contributed by atoms with Crippen LogP contribution in [0.2, 0.25) is 0 Å². The molecule has 0 atom stereocenters. The Labute approximate surface area is 127 Å². The van der Waals surface area contributed by atoms with Gasteiger partial charge in [0.05, 0.1) is 0 Å². The van der Waals surface area contributed by atoms with Gasteiger partial charge in [-0.1, -0.05) is 21.1 Å². The summed E-state index contributed by atoms with van der Waals surface area (Å²) in [7, 11) is 0. The van der Waals surface area contributed by atoms with Gasteiger partial charge in [0.15, 0.2) is 11.6 Å². The molecule has 0 bridgehead atoms. The Morgan fingerprint density at radius 3 is 2.67 bits per heavy atom. The molecule has 3 aromatic rings. The maximum Gasteiger partial charge on any atom is 0.258 e. The molecule has 0 spiro atoms. The first kappa shape index (κ1) is 13.6. The second kappa shape index (κ2) is 5.17. The summed E-state index contributed by atoms with van der Waals surface area (Å²) in [5.74, 6) is -0.679. The average molecular weight is 350 g/mol. The van der Waals surface area contributed by atoms with Crippen LogP contribution in [0.5, 0.6) is 5.75 Å². The van der Waals surface area contributed by atoms with Gasteiger partial charge >= 0.3 is 0 Å². The molecule has 0 aliphatic rings. The fraction of sp³-hybridized carbons (Fsp3) is 0. The normalized spacial score (nSPS) is 10.8. The van der Waals surface area contributed by atoms with Crippen LogP contribution in [0.4, 0.5) is 10.1 Å². The number of anilines is 1. The predicted molar refractivity (Wildman–Crippen MR) is 78.9 cm³/mol. The lowest BCUT2D eigenvalue weighted by Gasteiger charge is -1.99. The summed E-state index contributed by atoms with van der Waals surface area (Å²) in [5.41, 5.74) is 7.36. The van der Waals surface area contributed by atoms with Crippen molar-refractivity contribution in [3.63, 3.8) is 0 Å². The molecule has 0 radical (unpaired) electrons. The van der Waals surface area contributed by atoms with E-state index in [9.17, 15) is 9.50 Å². The van der Waals surface area contributed by atoms with E-state index >= 15 is 0 Å². The number of aromatic hydroxyl groups is 1. The van der Waals surface area contributed by atoms with E-state index in [2.05, 4.69) is 26.1 Å². The van der Waals surface area contributed by atoms with Crippen LogP contribution in [-0.2, 0) is 0 Å². The molecule has 0 saturated heterocycles. The highest BCUT2D eigenvalue weighted by molar-refractivity contribution is 9.10. The molecule has 3 N–H and O–H groups in total. The fourth-order valence-electron chi connectivity index (χ4n) is 1.84. The van der Waals surface area contributed by atoms with Crippen molar-refractivity contribution in [3.8, 4) is 28.6 Å². The molecule has 1 aromatic heterocycles. The summed E-state index contributed by atoms with van der Waals surface area (Å²) < 4.78 is 19.3. The third-order valence-corrected chi connectivity index (χ3v) is 3.26. The van der Waals surface area contributed by atoms with Gasteiger partial charge in [-0.2, -0.15) is 4.98 Å². The van der Waals surface area contributed by atoms with Crippen molar-refractivity contribution in [2.24, 2.45) is 0 Å². The van der Waals surface area contributed by atoms with Gasteiger partial charge in [0.2, 0.25) is 5.82 Å². The molecule has 0 saturated carbocycles. The summed E-state index contributed by atoms with van der Waals surface area (Å²) in [6.07, 6.45) is 0. The smallest absolute Gasteiger partial charge is 0.258 e. The van der Waals surface area contributed by atoms with Crippen LogP contribution in [0.15, 0.2) is 45.4 Å². The molecule has 7 heteroatoms. The lowest BCUT2D eigenvalue weighted by Crippen LogP contribution is -1.87. The third kappa shape index (κ3) is 2.73. The number of benzene rings is 2. The molecular formula is C14H9BrFN3O2. The average Bonchev–Trinajstić information content (AvgIpc) is 2.90. The highest BCUT2D eigenvalue weighted by Crippen LogP contribution is 2.28. The Balaban J connectivity index is 2.01. The first-order valence-electron chi connectivity index (χ1n) is 5.92. The summed E-state index contributed by atoms with van der Waals surface area (Å²) in [6, 6.07) is 9.10. The van der Waals surface area contributed by atoms with E-state index in [4.69, 9.17) is 10.3 Å². The van der Waals surface area contributed by atoms with E-state index in [-0.39, 0.29) is 11.7 Å². The van der Waals surface area contributed by atoms with Gasteiger partial charge < -0.3 is 15.4 Å². The monoisotopic (exact) mass is 349 g/mol. The Morgan fingerprint density at radius 2 is 1.95 bits per heavy atom. The first-order chi connectivity index (χ1) is 10.0.